The fraction of sp³-hybridized carbons (Fsp3) is 0.471. The Hall–Kier alpha value is -1.41. The van der Waals surface area contributed by atoms with Gasteiger partial charge in [-0.1, -0.05) is 44.9 Å². The largest absolute Gasteiger partial charge is 0.321 e. The molecule has 2 heteroatoms. The third-order valence-corrected chi connectivity index (χ3v) is 5.10. The Morgan fingerprint density at radius 3 is 2.95 bits per heavy atom. The molecule has 1 heterocycles. The molecule has 2 aromatic rings. The molecule has 1 aromatic carbocycles. The molecule has 3 unspecified atom stereocenters. The lowest BCUT2D eigenvalue weighted by atomic mass is 9.65. The fourth-order valence-corrected chi connectivity index (χ4v) is 3.61. The van der Waals surface area contributed by atoms with Crippen molar-refractivity contribution in [1.82, 2.24) is 4.98 Å². The van der Waals surface area contributed by atoms with E-state index in [9.17, 15) is 0 Å². The summed E-state index contributed by atoms with van der Waals surface area (Å²) >= 11 is 0. The number of hydrogen-bond donors (Lipinski definition) is 1. The van der Waals surface area contributed by atoms with Gasteiger partial charge in [-0.05, 0) is 35.3 Å². The Kier molecular flexibility index (Phi) is 3.06. The molecule has 0 bridgehead atoms. The lowest BCUT2D eigenvalue weighted by Crippen LogP contribution is -2.48. The van der Waals surface area contributed by atoms with Crippen LogP contribution in [0.3, 0.4) is 0 Å². The Morgan fingerprint density at radius 1 is 1.26 bits per heavy atom. The summed E-state index contributed by atoms with van der Waals surface area (Å²) in [4.78, 5) is 4.22. The first-order valence-electron chi connectivity index (χ1n) is 7.25. The van der Waals surface area contributed by atoms with Crippen molar-refractivity contribution in [2.24, 2.45) is 17.6 Å². The molecule has 3 atom stereocenters. The van der Waals surface area contributed by atoms with Gasteiger partial charge >= 0.3 is 0 Å². The van der Waals surface area contributed by atoms with E-state index >= 15 is 0 Å². The van der Waals surface area contributed by atoms with E-state index < -0.39 is 0 Å². The highest BCUT2D eigenvalue weighted by Gasteiger charge is 2.40. The first-order chi connectivity index (χ1) is 9.13. The first-order valence-corrected chi connectivity index (χ1v) is 7.25. The number of pyridine rings is 1. The molecule has 1 aromatic heterocycles. The highest BCUT2D eigenvalue weighted by molar-refractivity contribution is 5.85. The number of nitrogens with two attached hydrogens (primary N) is 1. The Balaban J connectivity index is 2.18. The summed E-state index contributed by atoms with van der Waals surface area (Å²) in [6.07, 6.45) is 7.40. The molecule has 0 spiro atoms. The second kappa shape index (κ2) is 4.61. The van der Waals surface area contributed by atoms with E-state index in [0.29, 0.717) is 11.8 Å². The van der Waals surface area contributed by atoms with Gasteiger partial charge in [0.15, 0.2) is 0 Å². The quantitative estimate of drug-likeness (QED) is 0.839. The maximum absolute atomic E-state index is 6.86. The molecular weight excluding hydrogens is 232 g/mol. The Morgan fingerprint density at radius 2 is 2.11 bits per heavy atom. The van der Waals surface area contributed by atoms with E-state index in [4.69, 9.17) is 5.73 Å². The molecule has 1 aliphatic rings. The molecular formula is C17H22N2. The van der Waals surface area contributed by atoms with E-state index in [0.717, 1.165) is 6.42 Å². The van der Waals surface area contributed by atoms with Crippen molar-refractivity contribution >= 4 is 10.8 Å². The van der Waals surface area contributed by atoms with Gasteiger partial charge in [0, 0.05) is 23.3 Å². The van der Waals surface area contributed by atoms with Gasteiger partial charge in [0.25, 0.3) is 0 Å². The maximum atomic E-state index is 6.86. The summed E-state index contributed by atoms with van der Waals surface area (Å²) in [6.45, 7) is 4.64. The monoisotopic (exact) mass is 254 g/mol. The number of nitrogens with zero attached hydrogens (tertiary/aromatic N) is 1. The molecule has 1 fully saturated rings. The van der Waals surface area contributed by atoms with Crippen LogP contribution >= 0.6 is 0 Å². The van der Waals surface area contributed by atoms with Gasteiger partial charge in [0.2, 0.25) is 0 Å². The normalized spacial score (nSPS) is 31.5. The van der Waals surface area contributed by atoms with Crippen LogP contribution in [0, 0.1) is 11.8 Å². The van der Waals surface area contributed by atoms with Gasteiger partial charge in [-0.15, -0.1) is 0 Å². The molecule has 100 valence electrons. The summed E-state index contributed by atoms with van der Waals surface area (Å²) in [6, 6.07) is 8.54. The lowest BCUT2D eigenvalue weighted by Gasteiger charge is -2.44. The smallest absolute Gasteiger partial charge is 0.0444 e. The van der Waals surface area contributed by atoms with Crippen LogP contribution in [0.15, 0.2) is 36.7 Å². The first kappa shape index (κ1) is 12.6. The minimum Gasteiger partial charge on any atom is -0.321 e. The van der Waals surface area contributed by atoms with Crippen molar-refractivity contribution in [3.8, 4) is 0 Å². The fourth-order valence-electron chi connectivity index (χ4n) is 3.61. The number of rotatable bonds is 1. The third-order valence-electron chi connectivity index (χ3n) is 5.10. The van der Waals surface area contributed by atoms with Crippen LogP contribution in [0.25, 0.3) is 10.8 Å². The lowest BCUT2D eigenvalue weighted by molar-refractivity contribution is 0.145. The molecule has 0 saturated heterocycles. The van der Waals surface area contributed by atoms with E-state index in [-0.39, 0.29) is 5.54 Å². The van der Waals surface area contributed by atoms with Gasteiger partial charge < -0.3 is 5.73 Å². The average molecular weight is 254 g/mol. The van der Waals surface area contributed by atoms with E-state index in [1.807, 2.05) is 12.4 Å². The number of fused-ring (bicyclic) bond motifs is 1. The SMILES string of the molecule is CC1CCCC(N)(c2cccc3cnccc23)C1C. The zero-order chi connectivity index (χ0) is 13.5. The van der Waals surface area contributed by atoms with Crippen molar-refractivity contribution in [2.45, 2.75) is 38.6 Å². The van der Waals surface area contributed by atoms with Crippen LogP contribution in [0.2, 0.25) is 0 Å². The molecule has 19 heavy (non-hydrogen) atoms. The van der Waals surface area contributed by atoms with Gasteiger partial charge in [0.1, 0.15) is 0 Å². The average Bonchev–Trinajstić information content (AvgIpc) is 2.44. The van der Waals surface area contributed by atoms with Crippen LogP contribution in [0.4, 0.5) is 0 Å². The standard InChI is InChI=1S/C17H22N2/c1-12-5-4-9-17(18,13(12)2)16-7-3-6-14-11-19-10-8-15(14)16/h3,6-8,10-13H,4-5,9,18H2,1-2H3. The van der Waals surface area contributed by atoms with Crippen molar-refractivity contribution in [3.05, 3.63) is 42.2 Å². The van der Waals surface area contributed by atoms with Gasteiger partial charge in [-0.25, -0.2) is 0 Å². The second-order valence-electron chi connectivity index (χ2n) is 6.10. The van der Waals surface area contributed by atoms with Crippen LogP contribution in [0.1, 0.15) is 38.7 Å². The summed E-state index contributed by atoms with van der Waals surface area (Å²) in [5, 5.41) is 2.45. The molecule has 3 rings (SSSR count). The molecule has 1 saturated carbocycles. The summed E-state index contributed by atoms with van der Waals surface area (Å²) in [5.41, 5.74) is 7.96. The minimum absolute atomic E-state index is 0.196. The minimum atomic E-state index is -0.196. The van der Waals surface area contributed by atoms with Crippen molar-refractivity contribution in [3.63, 3.8) is 0 Å². The number of hydrogen-bond acceptors (Lipinski definition) is 2. The van der Waals surface area contributed by atoms with Crippen LogP contribution < -0.4 is 5.73 Å². The molecule has 0 radical (unpaired) electrons. The van der Waals surface area contributed by atoms with Crippen molar-refractivity contribution in [1.29, 1.82) is 0 Å². The molecule has 0 amide bonds. The summed E-state index contributed by atoms with van der Waals surface area (Å²) in [7, 11) is 0. The van der Waals surface area contributed by atoms with Crippen LogP contribution in [-0.4, -0.2) is 4.98 Å². The van der Waals surface area contributed by atoms with E-state index in [1.54, 1.807) is 0 Å². The molecule has 1 aliphatic carbocycles. The maximum Gasteiger partial charge on any atom is 0.0444 e. The van der Waals surface area contributed by atoms with Crippen molar-refractivity contribution < 1.29 is 0 Å². The Labute approximate surface area is 115 Å². The number of aromatic nitrogens is 1. The Bertz CT molecular complexity index is 587. The second-order valence-corrected chi connectivity index (χ2v) is 6.10. The topological polar surface area (TPSA) is 38.9 Å². The zero-order valence-corrected chi connectivity index (χ0v) is 11.8. The van der Waals surface area contributed by atoms with Crippen LogP contribution in [-0.2, 0) is 5.54 Å². The highest BCUT2D eigenvalue weighted by Crippen LogP contribution is 2.44. The summed E-state index contributed by atoms with van der Waals surface area (Å²) < 4.78 is 0. The van der Waals surface area contributed by atoms with E-state index in [1.165, 1.54) is 29.2 Å². The predicted molar refractivity (Wildman–Crippen MR) is 79.8 cm³/mol. The zero-order valence-electron chi connectivity index (χ0n) is 11.8. The van der Waals surface area contributed by atoms with Gasteiger partial charge in [-0.3, -0.25) is 4.98 Å². The van der Waals surface area contributed by atoms with Crippen LogP contribution in [0.5, 0.6) is 0 Å². The third kappa shape index (κ3) is 1.95. The van der Waals surface area contributed by atoms with E-state index in [2.05, 4.69) is 43.1 Å². The van der Waals surface area contributed by atoms with Gasteiger partial charge in [-0.2, -0.15) is 0 Å². The molecule has 0 aliphatic heterocycles. The van der Waals surface area contributed by atoms with Crippen molar-refractivity contribution in [2.75, 3.05) is 0 Å². The molecule has 2 N–H and O–H groups in total. The highest BCUT2D eigenvalue weighted by atomic mass is 14.8. The number of benzene rings is 1. The van der Waals surface area contributed by atoms with Gasteiger partial charge in [0.05, 0.1) is 0 Å². The summed E-state index contributed by atoms with van der Waals surface area (Å²) in [5.74, 6) is 1.20. The predicted octanol–water partition coefficient (Wildman–Crippen LogP) is 3.84. The molecule has 2 nitrogen and oxygen atoms in total.